The minimum Gasteiger partial charge on any atom is -0.422 e. The molecule has 8 aromatic rings. The van der Waals surface area contributed by atoms with Crippen molar-refractivity contribution >= 4 is 96.7 Å². The quantitative estimate of drug-likeness (QED) is 0.122. The van der Waals surface area contributed by atoms with E-state index in [-0.39, 0.29) is 5.63 Å². The van der Waals surface area contributed by atoms with Gasteiger partial charge in [-0.15, -0.1) is 0 Å². The van der Waals surface area contributed by atoms with Crippen molar-refractivity contribution in [1.29, 1.82) is 0 Å². The van der Waals surface area contributed by atoms with E-state index in [0.717, 1.165) is 58.1 Å². The van der Waals surface area contributed by atoms with Gasteiger partial charge in [0.15, 0.2) is 0 Å². The highest BCUT2D eigenvalue weighted by Crippen LogP contribution is 2.50. The Morgan fingerprint density at radius 1 is 0.550 bits per heavy atom. The van der Waals surface area contributed by atoms with Crippen LogP contribution in [0.5, 0.6) is 0 Å². The van der Waals surface area contributed by atoms with E-state index in [4.69, 9.17) is 4.42 Å². The number of benzene rings is 7. The molecule has 0 aliphatic heterocycles. The normalized spacial score (nSPS) is 12.8. The fraction of sp³-hybridized carbons (Fsp3) is 0.0278. The van der Waals surface area contributed by atoms with E-state index in [9.17, 15) is 4.79 Å². The van der Waals surface area contributed by atoms with Gasteiger partial charge in [0.05, 0.1) is 5.56 Å². The summed E-state index contributed by atoms with van der Waals surface area (Å²) >= 11 is 7.71. The van der Waals surface area contributed by atoms with E-state index in [1.165, 1.54) is 32.3 Å². The lowest BCUT2D eigenvalue weighted by Crippen LogP contribution is -2.06. The minimum atomic E-state index is -0.256. The lowest BCUT2D eigenvalue weighted by Gasteiger charge is -2.16. The van der Waals surface area contributed by atoms with Crippen LogP contribution in [0, 0.1) is 0 Å². The van der Waals surface area contributed by atoms with E-state index in [0.29, 0.717) is 12.0 Å². The first-order valence-electron chi connectivity index (χ1n) is 13.2. The maximum absolute atomic E-state index is 13.6. The second-order valence-electron chi connectivity index (χ2n) is 10.6. The smallest absolute Gasteiger partial charge is 0.340 e. The number of rotatable bonds is 0. The van der Waals surface area contributed by atoms with Crippen molar-refractivity contribution in [3.05, 3.63) is 128 Å². The predicted molar refractivity (Wildman–Crippen MR) is 174 cm³/mol. The van der Waals surface area contributed by atoms with Crippen molar-refractivity contribution in [3.63, 3.8) is 0 Å². The van der Waals surface area contributed by atoms with Crippen molar-refractivity contribution in [1.82, 2.24) is 0 Å². The molecule has 1 aliphatic rings. The third kappa shape index (κ3) is 2.90. The van der Waals surface area contributed by atoms with Crippen molar-refractivity contribution < 1.29 is 4.42 Å². The minimum absolute atomic E-state index is 0.256. The highest BCUT2D eigenvalue weighted by Gasteiger charge is 2.30. The van der Waals surface area contributed by atoms with Gasteiger partial charge < -0.3 is 4.42 Å². The molecule has 4 heteroatoms. The summed E-state index contributed by atoms with van der Waals surface area (Å²) in [7, 11) is 0. The van der Waals surface area contributed by atoms with Crippen LogP contribution in [-0.4, -0.2) is 0 Å². The number of hydrogen-bond acceptors (Lipinski definition) is 2. The molecule has 0 bridgehead atoms. The summed E-state index contributed by atoms with van der Waals surface area (Å²) in [5.41, 5.74) is 4.40. The summed E-state index contributed by atoms with van der Waals surface area (Å²) in [6.45, 7) is 0. The molecular weight excluding hydrogens is 624 g/mol. The van der Waals surface area contributed by atoms with Crippen LogP contribution in [0.25, 0.3) is 76.0 Å². The molecule has 40 heavy (non-hydrogen) atoms. The van der Waals surface area contributed by atoms with Crippen LogP contribution in [-0.2, 0) is 6.42 Å². The maximum Gasteiger partial charge on any atom is 0.340 e. The Hall–Kier alpha value is -3.99. The van der Waals surface area contributed by atoms with Gasteiger partial charge in [-0.3, -0.25) is 0 Å². The summed E-state index contributed by atoms with van der Waals surface area (Å²) in [6, 6.07) is 34.2. The lowest BCUT2D eigenvalue weighted by molar-refractivity contribution is 0.555. The van der Waals surface area contributed by atoms with Crippen molar-refractivity contribution in [2.24, 2.45) is 0 Å². The summed E-state index contributed by atoms with van der Waals surface area (Å²) in [5, 5.41) is 12.6. The Kier molecular flexibility index (Phi) is 4.58. The third-order valence-electron chi connectivity index (χ3n) is 8.59. The zero-order chi connectivity index (χ0) is 26.7. The van der Waals surface area contributed by atoms with E-state index < -0.39 is 0 Å². The summed E-state index contributed by atoms with van der Waals surface area (Å²) in [6.07, 6.45) is 0.548. The largest absolute Gasteiger partial charge is 0.422 e. The van der Waals surface area contributed by atoms with E-state index in [2.05, 4.69) is 123 Å². The van der Waals surface area contributed by atoms with Gasteiger partial charge >= 0.3 is 5.63 Å². The Balaban J connectivity index is 1.61. The molecule has 0 radical (unpaired) electrons. The molecule has 0 saturated heterocycles. The zero-order valence-corrected chi connectivity index (χ0v) is 24.2. The second-order valence-corrected chi connectivity index (χ2v) is 12.3. The van der Waals surface area contributed by atoms with Gasteiger partial charge in [-0.2, -0.15) is 0 Å². The topological polar surface area (TPSA) is 30.2 Å². The maximum atomic E-state index is 13.6. The Morgan fingerprint density at radius 3 is 1.93 bits per heavy atom. The van der Waals surface area contributed by atoms with Crippen molar-refractivity contribution in [2.45, 2.75) is 6.42 Å². The average molecular weight is 642 g/mol. The molecular formula is C36H18Br2O2. The number of halogens is 2. The summed E-state index contributed by atoms with van der Waals surface area (Å²) in [4.78, 5) is 13.6. The summed E-state index contributed by atoms with van der Waals surface area (Å²) in [5.74, 6) is 0. The van der Waals surface area contributed by atoms with Crippen molar-refractivity contribution in [2.75, 3.05) is 0 Å². The number of hydrogen-bond donors (Lipinski definition) is 0. The zero-order valence-electron chi connectivity index (χ0n) is 21.0. The van der Waals surface area contributed by atoms with E-state index in [1.54, 1.807) is 0 Å². The van der Waals surface area contributed by atoms with Crippen molar-refractivity contribution in [3.8, 4) is 11.1 Å². The van der Waals surface area contributed by atoms with E-state index >= 15 is 0 Å². The standard InChI is InChI=1S/C36H18Br2O2/c37-27-16-20-11-14-29-35(30(20)32-22-7-3-1-5-18(22)9-12-24(27)32)34-26(36(39)40-29)15-21-17-28(38)25-13-10-19-6-2-4-8-23(19)33(25)31(21)34/h1-14,16-17H,15H2. The fourth-order valence-corrected chi connectivity index (χ4v) is 8.13. The second kappa shape index (κ2) is 8.03. The van der Waals surface area contributed by atoms with Crippen LogP contribution in [0.2, 0.25) is 0 Å². The molecule has 0 spiro atoms. The van der Waals surface area contributed by atoms with Gasteiger partial charge in [-0.1, -0.05) is 111 Å². The molecule has 0 unspecified atom stereocenters. The van der Waals surface area contributed by atoms with Crippen LogP contribution in [0.15, 0.2) is 115 Å². The lowest BCUT2D eigenvalue weighted by atomic mass is 9.89. The molecule has 0 saturated carbocycles. The molecule has 1 heterocycles. The number of fused-ring (bicyclic) bond motifs is 15. The first-order chi connectivity index (χ1) is 19.6. The Morgan fingerprint density at radius 2 is 1.18 bits per heavy atom. The van der Waals surface area contributed by atoms with Crippen LogP contribution in [0.1, 0.15) is 11.1 Å². The highest BCUT2D eigenvalue weighted by molar-refractivity contribution is 9.11. The first-order valence-corrected chi connectivity index (χ1v) is 14.8. The Labute approximate surface area is 245 Å². The van der Waals surface area contributed by atoms with Gasteiger partial charge in [-0.25, -0.2) is 4.79 Å². The van der Waals surface area contributed by atoms with E-state index in [1.807, 2.05) is 6.07 Å². The van der Waals surface area contributed by atoms with Gasteiger partial charge in [0.2, 0.25) is 0 Å². The molecule has 0 atom stereocenters. The van der Waals surface area contributed by atoms with Gasteiger partial charge in [0, 0.05) is 31.7 Å². The molecule has 0 N–H and O–H groups in total. The first kappa shape index (κ1) is 22.8. The molecule has 2 nitrogen and oxygen atoms in total. The molecule has 0 amide bonds. The average Bonchev–Trinajstić information content (AvgIpc) is 3.36. The SMILES string of the molecule is O=c1oc2ccc3cc(Br)c4ccc5ccccc5c4c3c2c2c1Cc1cc(Br)c3ccc4ccccc4c3c1-2. The van der Waals surface area contributed by atoms with Gasteiger partial charge in [0.25, 0.3) is 0 Å². The molecule has 9 rings (SSSR count). The van der Waals surface area contributed by atoms with Gasteiger partial charge in [-0.05, 0) is 77.8 Å². The predicted octanol–water partition coefficient (Wildman–Crippen LogP) is 10.7. The molecule has 7 aromatic carbocycles. The monoisotopic (exact) mass is 640 g/mol. The highest BCUT2D eigenvalue weighted by atomic mass is 79.9. The van der Waals surface area contributed by atoms with Crippen LogP contribution < -0.4 is 5.63 Å². The summed E-state index contributed by atoms with van der Waals surface area (Å²) < 4.78 is 8.18. The van der Waals surface area contributed by atoms with Crippen LogP contribution >= 0.6 is 31.9 Å². The molecule has 0 fully saturated rings. The fourth-order valence-electron chi connectivity index (χ4n) is 6.95. The molecule has 188 valence electrons. The van der Waals surface area contributed by atoms with Crippen LogP contribution in [0.3, 0.4) is 0 Å². The molecule has 1 aromatic heterocycles. The third-order valence-corrected chi connectivity index (χ3v) is 9.91. The van der Waals surface area contributed by atoms with Gasteiger partial charge in [0.1, 0.15) is 5.58 Å². The Bertz CT molecular complexity index is 2510. The van der Waals surface area contributed by atoms with Crippen LogP contribution in [0.4, 0.5) is 0 Å². The molecule has 1 aliphatic carbocycles.